The summed E-state index contributed by atoms with van der Waals surface area (Å²) in [5.41, 5.74) is 6.97. The average molecular weight is 595 g/mol. The molecule has 0 bridgehead atoms. The van der Waals surface area contributed by atoms with Gasteiger partial charge in [0.15, 0.2) is 9.84 Å². The molecular formula is C34H39FO6S. The van der Waals surface area contributed by atoms with Crippen molar-refractivity contribution in [1.82, 2.24) is 0 Å². The molecule has 42 heavy (non-hydrogen) atoms. The van der Waals surface area contributed by atoms with Gasteiger partial charge in [-0.15, -0.1) is 0 Å². The zero-order valence-electron chi connectivity index (χ0n) is 24.6. The third-order valence-corrected chi connectivity index (χ3v) is 10.8. The lowest BCUT2D eigenvalue weighted by Gasteiger charge is -2.23. The van der Waals surface area contributed by atoms with Crippen molar-refractivity contribution in [2.45, 2.75) is 58.0 Å². The van der Waals surface area contributed by atoms with E-state index in [1.165, 1.54) is 5.56 Å². The molecule has 2 heterocycles. The lowest BCUT2D eigenvalue weighted by atomic mass is 9.90. The molecule has 3 aromatic carbocycles. The van der Waals surface area contributed by atoms with E-state index in [0.29, 0.717) is 49.9 Å². The Morgan fingerprint density at radius 1 is 1.02 bits per heavy atom. The predicted octanol–water partition coefficient (Wildman–Crippen LogP) is 6.89. The Kier molecular flexibility index (Phi) is 8.20. The van der Waals surface area contributed by atoms with E-state index in [4.69, 9.17) is 18.9 Å². The van der Waals surface area contributed by atoms with Gasteiger partial charge in [0.2, 0.25) is 0 Å². The van der Waals surface area contributed by atoms with E-state index in [-0.39, 0.29) is 29.3 Å². The fourth-order valence-corrected chi connectivity index (χ4v) is 8.67. The molecule has 8 heteroatoms. The summed E-state index contributed by atoms with van der Waals surface area (Å²) >= 11 is 0. The monoisotopic (exact) mass is 594 g/mol. The number of benzene rings is 3. The largest absolute Gasteiger partial charge is 0.493 e. The van der Waals surface area contributed by atoms with Gasteiger partial charge in [0.25, 0.3) is 0 Å². The molecule has 0 aromatic heterocycles. The third kappa shape index (κ3) is 5.88. The van der Waals surface area contributed by atoms with Crippen molar-refractivity contribution in [3.05, 3.63) is 76.1 Å². The van der Waals surface area contributed by atoms with Crippen LogP contribution in [-0.2, 0) is 21.0 Å². The number of aryl methyl sites for hydroxylation is 2. The van der Waals surface area contributed by atoms with Crippen LogP contribution in [0, 0.1) is 25.6 Å². The molecule has 0 spiro atoms. The van der Waals surface area contributed by atoms with Gasteiger partial charge in [0.1, 0.15) is 29.2 Å². The van der Waals surface area contributed by atoms with Crippen molar-refractivity contribution in [2.75, 3.05) is 38.4 Å². The molecule has 0 amide bonds. The number of rotatable bonds is 9. The summed E-state index contributed by atoms with van der Waals surface area (Å²) in [7, 11) is -1.26. The summed E-state index contributed by atoms with van der Waals surface area (Å²) in [6, 6.07) is 13.4. The van der Waals surface area contributed by atoms with Crippen molar-refractivity contribution >= 4 is 9.84 Å². The molecule has 3 aromatic rings. The Morgan fingerprint density at radius 2 is 1.83 bits per heavy atom. The summed E-state index contributed by atoms with van der Waals surface area (Å²) in [5.74, 6) is 2.82. The second-order valence-corrected chi connectivity index (χ2v) is 14.2. The van der Waals surface area contributed by atoms with Crippen LogP contribution in [0.15, 0.2) is 42.5 Å². The number of hydrogen-bond acceptors (Lipinski definition) is 6. The average Bonchev–Trinajstić information content (AvgIpc) is 3.55. The van der Waals surface area contributed by atoms with E-state index in [1.54, 1.807) is 13.2 Å². The minimum Gasteiger partial charge on any atom is -0.493 e. The van der Waals surface area contributed by atoms with Crippen molar-refractivity contribution in [3.8, 4) is 28.4 Å². The second kappa shape index (κ2) is 11.9. The van der Waals surface area contributed by atoms with Crippen molar-refractivity contribution in [2.24, 2.45) is 5.92 Å². The fraction of sp³-hybridized carbons (Fsp3) is 0.471. The molecule has 0 radical (unpaired) electrons. The van der Waals surface area contributed by atoms with Crippen LogP contribution in [0.5, 0.6) is 17.2 Å². The van der Waals surface area contributed by atoms with Gasteiger partial charge in [0, 0.05) is 42.7 Å². The van der Waals surface area contributed by atoms with Gasteiger partial charge in [-0.05, 0) is 98.0 Å². The molecule has 0 saturated carbocycles. The van der Waals surface area contributed by atoms with Gasteiger partial charge in [-0.3, -0.25) is 0 Å². The highest BCUT2D eigenvalue weighted by Crippen LogP contribution is 2.45. The summed E-state index contributed by atoms with van der Waals surface area (Å²) in [5, 5.41) is 0. The SMILES string of the molecule is COCCC1COc2cc(OC3CCc4c(-c5c(C)cc(OCC6CCCS(=O)(=O)C6)cc5C)ccc(F)c43)ccc21. The molecule has 3 aliphatic rings. The normalized spacial score (nSPS) is 22.3. The van der Waals surface area contributed by atoms with Crippen LogP contribution in [0.2, 0.25) is 0 Å². The number of halogens is 1. The summed E-state index contributed by atoms with van der Waals surface area (Å²) in [6.45, 7) is 5.81. The van der Waals surface area contributed by atoms with Gasteiger partial charge in [-0.25, -0.2) is 12.8 Å². The fourth-order valence-electron chi connectivity index (χ4n) is 6.91. The van der Waals surface area contributed by atoms with Gasteiger partial charge >= 0.3 is 0 Å². The Balaban J connectivity index is 1.21. The van der Waals surface area contributed by atoms with Gasteiger partial charge in [-0.2, -0.15) is 0 Å². The first kappa shape index (κ1) is 29.0. The highest BCUT2D eigenvalue weighted by Gasteiger charge is 2.32. The van der Waals surface area contributed by atoms with Crippen LogP contribution in [0.3, 0.4) is 0 Å². The molecule has 3 unspecified atom stereocenters. The maximum atomic E-state index is 15.3. The van der Waals surface area contributed by atoms with E-state index >= 15 is 4.39 Å². The number of hydrogen-bond donors (Lipinski definition) is 0. The van der Waals surface area contributed by atoms with Crippen LogP contribution < -0.4 is 14.2 Å². The molecule has 1 saturated heterocycles. The van der Waals surface area contributed by atoms with Gasteiger partial charge in [0.05, 0.1) is 24.7 Å². The molecule has 1 fully saturated rings. The molecule has 1 aliphatic carbocycles. The van der Waals surface area contributed by atoms with Gasteiger partial charge in [-0.1, -0.05) is 12.1 Å². The Bertz CT molecular complexity index is 1560. The second-order valence-electron chi connectivity index (χ2n) is 12.0. The lowest BCUT2D eigenvalue weighted by molar-refractivity contribution is 0.181. The Morgan fingerprint density at radius 3 is 2.60 bits per heavy atom. The minimum atomic E-state index is -2.97. The maximum absolute atomic E-state index is 15.3. The Hall–Kier alpha value is -3.10. The number of methoxy groups -OCH3 is 1. The summed E-state index contributed by atoms with van der Waals surface area (Å²) in [6.07, 6.45) is 3.52. The van der Waals surface area contributed by atoms with E-state index in [9.17, 15) is 8.42 Å². The van der Waals surface area contributed by atoms with Crippen molar-refractivity contribution < 1.29 is 31.8 Å². The topological polar surface area (TPSA) is 71.1 Å². The van der Waals surface area contributed by atoms with E-state index in [1.807, 2.05) is 44.2 Å². The quantitative estimate of drug-likeness (QED) is 0.269. The third-order valence-electron chi connectivity index (χ3n) is 8.91. The zero-order chi connectivity index (χ0) is 29.4. The van der Waals surface area contributed by atoms with E-state index in [2.05, 4.69) is 6.07 Å². The first-order valence-electron chi connectivity index (χ1n) is 14.9. The number of fused-ring (bicyclic) bond motifs is 2. The lowest BCUT2D eigenvalue weighted by Crippen LogP contribution is -2.29. The van der Waals surface area contributed by atoms with Crippen LogP contribution in [-0.4, -0.2) is 46.9 Å². The van der Waals surface area contributed by atoms with Crippen LogP contribution in [0.1, 0.15) is 65.5 Å². The molecular weight excluding hydrogens is 555 g/mol. The van der Waals surface area contributed by atoms with Gasteiger partial charge < -0.3 is 18.9 Å². The molecule has 0 N–H and O–H groups in total. The summed E-state index contributed by atoms with van der Waals surface area (Å²) < 4.78 is 63.0. The van der Waals surface area contributed by atoms with Crippen LogP contribution in [0.4, 0.5) is 4.39 Å². The summed E-state index contributed by atoms with van der Waals surface area (Å²) in [4.78, 5) is 0. The molecule has 6 rings (SSSR count). The maximum Gasteiger partial charge on any atom is 0.150 e. The number of sulfone groups is 1. The van der Waals surface area contributed by atoms with Crippen molar-refractivity contribution in [1.29, 1.82) is 0 Å². The molecule has 6 nitrogen and oxygen atoms in total. The standard InChI is InChI=1S/C34H39FO6S/c1-21-15-26(39-18-23-5-4-14-42(36,37)20-23)16-22(2)33(21)28-8-10-30(35)34-29(28)9-11-31(34)41-25-6-7-27-24(12-13-38-3)19-40-32(27)17-25/h6-8,10,15-17,23-24,31H,4-5,9,11-14,18-20H2,1-3H3. The minimum absolute atomic E-state index is 0.0238. The van der Waals surface area contributed by atoms with E-state index in [0.717, 1.165) is 58.6 Å². The Labute approximate surface area is 248 Å². The highest BCUT2D eigenvalue weighted by atomic mass is 32.2. The predicted molar refractivity (Wildman–Crippen MR) is 161 cm³/mol. The molecule has 2 aliphatic heterocycles. The first-order chi connectivity index (χ1) is 20.2. The highest BCUT2D eigenvalue weighted by molar-refractivity contribution is 7.91. The zero-order valence-corrected chi connectivity index (χ0v) is 25.4. The smallest absolute Gasteiger partial charge is 0.150 e. The van der Waals surface area contributed by atoms with Crippen LogP contribution >= 0.6 is 0 Å². The molecule has 224 valence electrons. The first-order valence-corrected chi connectivity index (χ1v) is 16.7. The number of ether oxygens (including phenoxy) is 4. The van der Waals surface area contributed by atoms with Crippen molar-refractivity contribution in [3.63, 3.8) is 0 Å². The van der Waals surface area contributed by atoms with Crippen LogP contribution in [0.25, 0.3) is 11.1 Å². The van der Waals surface area contributed by atoms with E-state index < -0.39 is 9.84 Å². The molecule has 3 atom stereocenters.